The molecular formula is C10H18N2O2. The minimum absolute atomic E-state index is 0.119. The van der Waals surface area contributed by atoms with Crippen molar-refractivity contribution in [3.8, 4) is 0 Å². The molecule has 14 heavy (non-hydrogen) atoms. The van der Waals surface area contributed by atoms with Gasteiger partial charge in [0.05, 0.1) is 12.0 Å². The molecule has 0 spiro atoms. The number of rotatable bonds is 2. The van der Waals surface area contributed by atoms with Gasteiger partial charge in [-0.3, -0.25) is 4.79 Å². The fraction of sp³-hybridized carbons (Fsp3) is 0.900. The van der Waals surface area contributed by atoms with Crippen LogP contribution in [0.15, 0.2) is 0 Å². The van der Waals surface area contributed by atoms with E-state index in [1.54, 1.807) is 0 Å². The molecule has 1 amide bonds. The Morgan fingerprint density at radius 2 is 2.00 bits per heavy atom. The lowest BCUT2D eigenvalue weighted by Crippen LogP contribution is -2.50. The van der Waals surface area contributed by atoms with Crippen molar-refractivity contribution in [2.24, 2.45) is 0 Å². The first kappa shape index (κ1) is 9.93. The monoisotopic (exact) mass is 198 g/mol. The van der Waals surface area contributed by atoms with Gasteiger partial charge in [-0.15, -0.1) is 0 Å². The highest BCUT2D eigenvalue weighted by molar-refractivity contribution is 5.77. The Kier molecular flexibility index (Phi) is 2.74. The van der Waals surface area contributed by atoms with Gasteiger partial charge in [-0.05, 0) is 19.3 Å². The van der Waals surface area contributed by atoms with Crippen molar-refractivity contribution < 1.29 is 9.90 Å². The molecule has 0 aromatic carbocycles. The predicted octanol–water partition coefficient (Wildman–Crippen LogP) is -0.277. The summed E-state index contributed by atoms with van der Waals surface area (Å²) in [5, 5.41) is 13.1. The molecule has 0 atom stereocenters. The average molecular weight is 198 g/mol. The van der Waals surface area contributed by atoms with E-state index in [2.05, 4.69) is 5.32 Å². The fourth-order valence-corrected chi connectivity index (χ4v) is 2.07. The van der Waals surface area contributed by atoms with Gasteiger partial charge in [-0.1, -0.05) is 0 Å². The molecule has 1 saturated carbocycles. The first-order valence-corrected chi connectivity index (χ1v) is 5.41. The normalized spacial score (nSPS) is 25.6. The minimum atomic E-state index is -0.665. The van der Waals surface area contributed by atoms with Gasteiger partial charge < -0.3 is 15.3 Å². The van der Waals surface area contributed by atoms with Crippen molar-refractivity contribution in [3.63, 3.8) is 0 Å². The summed E-state index contributed by atoms with van der Waals surface area (Å²) in [6.07, 6.45) is 2.98. The maximum absolute atomic E-state index is 11.7. The van der Waals surface area contributed by atoms with Gasteiger partial charge in [0.2, 0.25) is 5.91 Å². The van der Waals surface area contributed by atoms with Crippen molar-refractivity contribution in [2.75, 3.05) is 26.2 Å². The molecule has 80 valence electrons. The minimum Gasteiger partial charge on any atom is -0.389 e. The summed E-state index contributed by atoms with van der Waals surface area (Å²) < 4.78 is 0. The van der Waals surface area contributed by atoms with Crippen molar-refractivity contribution in [2.45, 2.75) is 31.3 Å². The second kappa shape index (κ2) is 3.87. The molecule has 1 saturated heterocycles. The van der Waals surface area contributed by atoms with E-state index in [0.29, 0.717) is 6.42 Å². The van der Waals surface area contributed by atoms with Crippen LogP contribution in [0.25, 0.3) is 0 Å². The maximum atomic E-state index is 11.7. The molecular weight excluding hydrogens is 180 g/mol. The standard InChI is InChI=1S/C10H18N2O2/c13-9(8-10(14)2-1-3-10)12-6-4-11-5-7-12/h11,14H,1-8H2. The topological polar surface area (TPSA) is 52.6 Å². The molecule has 0 aromatic rings. The van der Waals surface area contributed by atoms with E-state index in [1.165, 1.54) is 0 Å². The van der Waals surface area contributed by atoms with E-state index in [-0.39, 0.29) is 5.91 Å². The van der Waals surface area contributed by atoms with Crippen LogP contribution >= 0.6 is 0 Å². The smallest absolute Gasteiger partial charge is 0.225 e. The van der Waals surface area contributed by atoms with Crippen LogP contribution in [0, 0.1) is 0 Å². The molecule has 0 aromatic heterocycles. The molecule has 4 heteroatoms. The van der Waals surface area contributed by atoms with E-state index in [1.807, 2.05) is 4.90 Å². The molecule has 2 aliphatic rings. The summed E-state index contributed by atoms with van der Waals surface area (Å²) in [6, 6.07) is 0. The molecule has 1 aliphatic heterocycles. The quantitative estimate of drug-likeness (QED) is 0.642. The molecule has 2 rings (SSSR count). The Balaban J connectivity index is 1.81. The highest BCUT2D eigenvalue weighted by Gasteiger charge is 2.37. The van der Waals surface area contributed by atoms with Crippen molar-refractivity contribution in [3.05, 3.63) is 0 Å². The Morgan fingerprint density at radius 1 is 1.36 bits per heavy atom. The van der Waals surface area contributed by atoms with Crippen molar-refractivity contribution in [1.82, 2.24) is 10.2 Å². The summed E-state index contributed by atoms with van der Waals surface area (Å²) in [5.74, 6) is 0.119. The highest BCUT2D eigenvalue weighted by atomic mass is 16.3. The zero-order chi connectivity index (χ0) is 10.0. The van der Waals surface area contributed by atoms with Crippen LogP contribution in [0.4, 0.5) is 0 Å². The second-order valence-electron chi connectivity index (χ2n) is 4.39. The van der Waals surface area contributed by atoms with Gasteiger partial charge in [-0.2, -0.15) is 0 Å². The van der Waals surface area contributed by atoms with Gasteiger partial charge >= 0.3 is 0 Å². The van der Waals surface area contributed by atoms with Gasteiger partial charge in [0.1, 0.15) is 0 Å². The Labute approximate surface area is 84.3 Å². The zero-order valence-electron chi connectivity index (χ0n) is 8.46. The lowest BCUT2D eigenvalue weighted by Gasteiger charge is -2.38. The summed E-state index contributed by atoms with van der Waals surface area (Å²) in [5.41, 5.74) is -0.665. The summed E-state index contributed by atoms with van der Waals surface area (Å²) in [7, 11) is 0. The number of hydrogen-bond donors (Lipinski definition) is 2. The van der Waals surface area contributed by atoms with Crippen molar-refractivity contribution in [1.29, 1.82) is 0 Å². The molecule has 4 nitrogen and oxygen atoms in total. The SMILES string of the molecule is O=C(CC1(O)CCC1)N1CCNCC1. The van der Waals surface area contributed by atoms with Crippen LogP contribution in [0.2, 0.25) is 0 Å². The number of piperazine rings is 1. The fourth-order valence-electron chi connectivity index (χ4n) is 2.07. The third kappa shape index (κ3) is 2.07. The Bertz CT molecular complexity index is 220. The number of hydrogen-bond acceptors (Lipinski definition) is 3. The molecule has 1 heterocycles. The first-order valence-electron chi connectivity index (χ1n) is 5.41. The molecule has 2 fully saturated rings. The first-order chi connectivity index (χ1) is 6.70. The van der Waals surface area contributed by atoms with E-state index < -0.39 is 5.60 Å². The van der Waals surface area contributed by atoms with Gasteiger partial charge in [-0.25, -0.2) is 0 Å². The third-order valence-corrected chi connectivity index (χ3v) is 3.23. The largest absolute Gasteiger partial charge is 0.389 e. The van der Waals surface area contributed by atoms with Gasteiger partial charge in [0, 0.05) is 26.2 Å². The summed E-state index contributed by atoms with van der Waals surface area (Å²) in [4.78, 5) is 13.6. The molecule has 0 bridgehead atoms. The van der Waals surface area contributed by atoms with Crippen LogP contribution < -0.4 is 5.32 Å². The Hall–Kier alpha value is -0.610. The van der Waals surface area contributed by atoms with E-state index in [0.717, 1.165) is 45.4 Å². The maximum Gasteiger partial charge on any atom is 0.225 e. The number of aliphatic hydroxyl groups is 1. The number of carbonyl (C=O) groups excluding carboxylic acids is 1. The Morgan fingerprint density at radius 3 is 2.50 bits per heavy atom. The molecule has 0 radical (unpaired) electrons. The van der Waals surface area contributed by atoms with E-state index >= 15 is 0 Å². The number of nitrogens with zero attached hydrogens (tertiary/aromatic N) is 1. The number of nitrogens with one attached hydrogen (secondary N) is 1. The summed E-state index contributed by atoms with van der Waals surface area (Å²) in [6.45, 7) is 3.33. The van der Waals surface area contributed by atoms with E-state index in [9.17, 15) is 9.90 Å². The molecule has 2 N–H and O–H groups in total. The number of carbonyl (C=O) groups is 1. The van der Waals surface area contributed by atoms with Crippen LogP contribution in [0.5, 0.6) is 0 Å². The van der Waals surface area contributed by atoms with Gasteiger partial charge in [0.25, 0.3) is 0 Å². The summed E-state index contributed by atoms with van der Waals surface area (Å²) >= 11 is 0. The zero-order valence-corrected chi connectivity index (χ0v) is 8.46. The van der Waals surface area contributed by atoms with Gasteiger partial charge in [0.15, 0.2) is 0 Å². The van der Waals surface area contributed by atoms with Crippen molar-refractivity contribution >= 4 is 5.91 Å². The van der Waals surface area contributed by atoms with Crippen LogP contribution in [-0.4, -0.2) is 47.7 Å². The second-order valence-corrected chi connectivity index (χ2v) is 4.39. The highest BCUT2D eigenvalue weighted by Crippen LogP contribution is 2.34. The van der Waals surface area contributed by atoms with Crippen LogP contribution in [-0.2, 0) is 4.79 Å². The van der Waals surface area contributed by atoms with E-state index in [4.69, 9.17) is 0 Å². The number of amides is 1. The average Bonchev–Trinajstić information content (AvgIpc) is 2.17. The predicted molar refractivity (Wildman–Crippen MR) is 52.9 cm³/mol. The lowest BCUT2D eigenvalue weighted by atomic mass is 9.77. The lowest BCUT2D eigenvalue weighted by molar-refractivity contribution is -0.140. The molecule has 1 aliphatic carbocycles. The van der Waals surface area contributed by atoms with Crippen LogP contribution in [0.3, 0.4) is 0 Å². The van der Waals surface area contributed by atoms with Crippen LogP contribution in [0.1, 0.15) is 25.7 Å². The molecule has 0 unspecified atom stereocenters. The third-order valence-electron chi connectivity index (χ3n) is 3.23.